The maximum atomic E-state index is 14.3. The van der Waals surface area contributed by atoms with Gasteiger partial charge in [0.2, 0.25) is 5.91 Å². The van der Waals surface area contributed by atoms with Gasteiger partial charge in [-0.2, -0.15) is 0 Å². The van der Waals surface area contributed by atoms with Crippen LogP contribution in [0.5, 0.6) is 0 Å². The molecule has 1 aliphatic carbocycles. The van der Waals surface area contributed by atoms with Gasteiger partial charge in [0, 0.05) is 19.1 Å². The number of fused-ring (bicyclic) bond motifs is 1. The quantitative estimate of drug-likeness (QED) is 0.851. The zero-order valence-electron chi connectivity index (χ0n) is 12.9. The Balaban J connectivity index is 1.80. The van der Waals surface area contributed by atoms with Gasteiger partial charge in [0.25, 0.3) is 0 Å². The van der Waals surface area contributed by atoms with Crippen molar-refractivity contribution < 1.29 is 9.18 Å². The molecule has 0 radical (unpaired) electrons. The van der Waals surface area contributed by atoms with E-state index in [4.69, 9.17) is 0 Å². The number of anilines is 1. The van der Waals surface area contributed by atoms with Gasteiger partial charge < -0.3 is 9.80 Å². The van der Waals surface area contributed by atoms with Gasteiger partial charge in [0.05, 0.1) is 12.2 Å². The first-order chi connectivity index (χ1) is 10.1. The van der Waals surface area contributed by atoms with E-state index in [2.05, 4.69) is 0 Å². The number of carbonyl (C=O) groups is 1. The smallest absolute Gasteiger partial charge is 0.242 e. The number of carbonyl (C=O) groups excluding carboxylic acids is 1. The topological polar surface area (TPSA) is 23.6 Å². The Morgan fingerprint density at radius 2 is 2.19 bits per heavy atom. The summed E-state index contributed by atoms with van der Waals surface area (Å²) in [5, 5.41) is 0. The molecule has 1 aliphatic heterocycles. The van der Waals surface area contributed by atoms with Gasteiger partial charge in [-0.1, -0.05) is 6.07 Å². The minimum atomic E-state index is -0.188. The molecule has 0 bridgehead atoms. The Kier molecular flexibility index (Phi) is 3.87. The van der Waals surface area contributed by atoms with Gasteiger partial charge in [0.15, 0.2) is 0 Å². The molecule has 0 unspecified atom stereocenters. The lowest BCUT2D eigenvalue weighted by Crippen LogP contribution is -2.43. The zero-order chi connectivity index (χ0) is 15.0. The van der Waals surface area contributed by atoms with Crippen LogP contribution in [0, 0.1) is 12.7 Å². The molecule has 1 saturated carbocycles. The largest absolute Gasteiger partial charge is 0.360 e. The normalized spacial score (nSPS) is 17.6. The fourth-order valence-corrected chi connectivity index (χ4v) is 3.36. The molecule has 0 saturated heterocycles. The van der Waals surface area contributed by atoms with Gasteiger partial charge in [-0.3, -0.25) is 4.79 Å². The predicted octanol–water partition coefficient (Wildman–Crippen LogP) is 2.90. The second-order valence-corrected chi connectivity index (χ2v) is 6.19. The molecule has 21 heavy (non-hydrogen) atoms. The van der Waals surface area contributed by atoms with Gasteiger partial charge in [-0.25, -0.2) is 4.39 Å². The van der Waals surface area contributed by atoms with Gasteiger partial charge in [-0.05, 0) is 56.7 Å². The summed E-state index contributed by atoms with van der Waals surface area (Å²) in [6.07, 6.45) is 4.12. The maximum Gasteiger partial charge on any atom is 0.242 e. The van der Waals surface area contributed by atoms with Crippen LogP contribution < -0.4 is 4.90 Å². The van der Waals surface area contributed by atoms with Crippen molar-refractivity contribution in [1.29, 1.82) is 0 Å². The van der Waals surface area contributed by atoms with E-state index in [1.165, 1.54) is 0 Å². The molecule has 114 valence electrons. The van der Waals surface area contributed by atoms with E-state index in [-0.39, 0.29) is 11.7 Å². The number of nitrogens with zero attached hydrogens (tertiary/aromatic N) is 2. The molecule has 3 nitrogen and oxygen atoms in total. The third kappa shape index (κ3) is 2.89. The van der Waals surface area contributed by atoms with E-state index >= 15 is 0 Å². The lowest BCUT2D eigenvalue weighted by molar-refractivity contribution is -0.130. The minimum absolute atomic E-state index is 0.132. The summed E-state index contributed by atoms with van der Waals surface area (Å²) in [6, 6.07) is 4.04. The molecule has 0 atom stereocenters. The third-order valence-corrected chi connectivity index (χ3v) is 4.45. The van der Waals surface area contributed by atoms with Crippen molar-refractivity contribution in [3.63, 3.8) is 0 Å². The lowest BCUT2D eigenvalue weighted by Gasteiger charge is -2.33. The average molecular weight is 290 g/mol. The Morgan fingerprint density at radius 1 is 1.43 bits per heavy atom. The van der Waals surface area contributed by atoms with Crippen molar-refractivity contribution in [2.24, 2.45) is 0 Å². The van der Waals surface area contributed by atoms with Crippen molar-refractivity contribution >= 4 is 11.6 Å². The van der Waals surface area contributed by atoms with Crippen LogP contribution in [-0.2, 0) is 11.2 Å². The number of hydrogen-bond acceptors (Lipinski definition) is 2. The highest BCUT2D eigenvalue weighted by molar-refractivity contribution is 5.82. The average Bonchev–Trinajstić information content (AvgIpc) is 3.23. The number of benzene rings is 1. The number of hydrogen-bond donors (Lipinski definition) is 0. The highest BCUT2D eigenvalue weighted by Gasteiger charge is 2.33. The number of halogens is 1. The van der Waals surface area contributed by atoms with Gasteiger partial charge in [0.1, 0.15) is 5.82 Å². The third-order valence-electron chi connectivity index (χ3n) is 4.45. The second kappa shape index (κ2) is 5.66. The summed E-state index contributed by atoms with van der Waals surface area (Å²) in [4.78, 5) is 16.4. The molecule has 3 rings (SSSR count). The van der Waals surface area contributed by atoms with E-state index in [0.717, 1.165) is 49.9 Å². The SMILES string of the molecule is CCN(C(=O)CN1CCCc2cc(C)cc(F)c21)C1CC1. The summed E-state index contributed by atoms with van der Waals surface area (Å²) in [5.74, 6) is -0.0557. The molecule has 0 aromatic heterocycles. The summed E-state index contributed by atoms with van der Waals surface area (Å²) in [5.41, 5.74) is 2.64. The molecule has 4 heteroatoms. The lowest BCUT2D eigenvalue weighted by atomic mass is 9.99. The molecule has 0 N–H and O–H groups in total. The zero-order valence-corrected chi connectivity index (χ0v) is 12.9. The molecule has 1 fully saturated rings. The van der Waals surface area contributed by atoms with Crippen LogP contribution in [0.15, 0.2) is 12.1 Å². The van der Waals surface area contributed by atoms with Crippen LogP contribution in [0.1, 0.15) is 37.3 Å². The Hall–Kier alpha value is -1.58. The van der Waals surface area contributed by atoms with E-state index in [0.29, 0.717) is 18.3 Å². The van der Waals surface area contributed by atoms with Crippen molar-refractivity contribution in [3.8, 4) is 0 Å². The first-order valence-electron chi connectivity index (χ1n) is 7.93. The van der Waals surface area contributed by atoms with Crippen LogP contribution in [0.3, 0.4) is 0 Å². The van der Waals surface area contributed by atoms with Crippen LogP contribution >= 0.6 is 0 Å². The molecular formula is C17H23FN2O. The van der Waals surface area contributed by atoms with Crippen LogP contribution in [0.4, 0.5) is 10.1 Å². The van der Waals surface area contributed by atoms with Gasteiger partial charge >= 0.3 is 0 Å². The minimum Gasteiger partial charge on any atom is -0.360 e. The Bertz CT molecular complexity index is 554. The molecule has 1 amide bonds. The summed E-state index contributed by atoms with van der Waals surface area (Å²) in [6.45, 7) is 5.75. The van der Waals surface area contributed by atoms with Crippen LogP contribution in [0.2, 0.25) is 0 Å². The Labute approximate surface area is 125 Å². The molecule has 1 heterocycles. The van der Waals surface area contributed by atoms with E-state index < -0.39 is 0 Å². The van der Waals surface area contributed by atoms with E-state index in [9.17, 15) is 9.18 Å². The molecule has 1 aromatic carbocycles. The predicted molar refractivity (Wildman–Crippen MR) is 82.1 cm³/mol. The molecule has 0 spiro atoms. The van der Waals surface area contributed by atoms with Gasteiger partial charge in [-0.15, -0.1) is 0 Å². The van der Waals surface area contributed by atoms with E-state index in [1.807, 2.05) is 29.7 Å². The first kappa shape index (κ1) is 14.4. The number of likely N-dealkylation sites (N-methyl/N-ethyl adjacent to an activating group) is 1. The maximum absolute atomic E-state index is 14.3. The molecular weight excluding hydrogens is 267 g/mol. The fourth-order valence-electron chi connectivity index (χ4n) is 3.36. The monoisotopic (exact) mass is 290 g/mol. The summed E-state index contributed by atoms with van der Waals surface area (Å²) in [7, 11) is 0. The molecule has 2 aliphatic rings. The van der Waals surface area contributed by atoms with Crippen molar-refractivity contribution in [2.75, 3.05) is 24.5 Å². The number of rotatable bonds is 4. The van der Waals surface area contributed by atoms with E-state index in [1.54, 1.807) is 6.07 Å². The standard InChI is InChI=1S/C17H23FN2O/c1-3-20(14-6-7-14)16(21)11-19-8-4-5-13-9-12(2)10-15(18)17(13)19/h9-10,14H,3-8,11H2,1-2H3. The first-order valence-corrected chi connectivity index (χ1v) is 7.93. The van der Waals surface area contributed by atoms with Crippen LogP contribution in [0.25, 0.3) is 0 Å². The highest BCUT2D eigenvalue weighted by Crippen LogP contribution is 2.32. The summed E-state index contributed by atoms with van der Waals surface area (Å²) >= 11 is 0. The Morgan fingerprint density at radius 3 is 2.86 bits per heavy atom. The number of amides is 1. The van der Waals surface area contributed by atoms with Crippen molar-refractivity contribution in [3.05, 3.63) is 29.1 Å². The number of aryl methyl sites for hydroxylation is 2. The van der Waals surface area contributed by atoms with Crippen molar-refractivity contribution in [1.82, 2.24) is 4.90 Å². The molecule has 1 aromatic rings. The van der Waals surface area contributed by atoms with Crippen molar-refractivity contribution in [2.45, 2.75) is 45.6 Å². The highest BCUT2D eigenvalue weighted by atomic mass is 19.1. The second-order valence-electron chi connectivity index (χ2n) is 6.19. The fraction of sp³-hybridized carbons (Fsp3) is 0.588. The summed E-state index contributed by atoms with van der Waals surface area (Å²) < 4.78 is 14.3. The van der Waals surface area contributed by atoms with Crippen LogP contribution in [-0.4, -0.2) is 36.5 Å².